The van der Waals surface area contributed by atoms with Crippen molar-refractivity contribution in [3.63, 3.8) is 0 Å². The molecule has 0 bridgehead atoms. The van der Waals surface area contributed by atoms with Crippen LogP contribution >= 0.6 is 0 Å². The van der Waals surface area contributed by atoms with Crippen LogP contribution in [0.3, 0.4) is 0 Å². The summed E-state index contributed by atoms with van der Waals surface area (Å²) < 4.78 is 9.75. The van der Waals surface area contributed by atoms with Crippen LogP contribution in [0, 0.1) is 15.5 Å². The van der Waals surface area contributed by atoms with E-state index in [1.807, 2.05) is 0 Å². The van der Waals surface area contributed by atoms with E-state index in [4.69, 9.17) is 9.47 Å². The van der Waals surface area contributed by atoms with Crippen molar-refractivity contribution in [3.05, 3.63) is 34.4 Å². The van der Waals surface area contributed by atoms with Crippen LogP contribution in [0.1, 0.15) is 34.6 Å². The van der Waals surface area contributed by atoms with E-state index >= 15 is 0 Å². The molecule has 0 radical (unpaired) electrons. The number of amides is 1. The number of benzene rings is 1. The predicted octanol–water partition coefficient (Wildman–Crippen LogP) is 2.28. The van der Waals surface area contributed by atoms with Crippen molar-refractivity contribution in [2.24, 2.45) is 5.41 Å². The number of likely N-dealkylation sites (N-methyl/N-ethyl adjacent to an activating group) is 1. The summed E-state index contributed by atoms with van der Waals surface area (Å²) in [7, 11) is 1.26. The van der Waals surface area contributed by atoms with Gasteiger partial charge in [-0.3, -0.25) is 15.0 Å². The highest BCUT2D eigenvalue weighted by Crippen LogP contribution is 2.31. The fraction of sp³-hybridized carbons (Fsp3) is 0.500. The second kappa shape index (κ2) is 8.34. The number of carbonyl (C=O) groups is 3. The third-order valence-corrected chi connectivity index (χ3v) is 4.51. The number of hydrogen-bond acceptors (Lipinski definition) is 8. The molecule has 1 aromatic carbocycles. The van der Waals surface area contributed by atoms with Gasteiger partial charge in [-0.05, 0) is 26.0 Å². The molecule has 0 spiro atoms. The Kier molecular flexibility index (Phi) is 6.86. The minimum Gasteiger partial charge on any atom is -0.410 e. The van der Waals surface area contributed by atoms with Gasteiger partial charge in [0.2, 0.25) is 0 Å². The molecule has 0 heterocycles. The van der Waals surface area contributed by atoms with E-state index < -0.39 is 40.0 Å². The lowest BCUT2D eigenvalue weighted by Gasteiger charge is -2.34. The first-order valence-corrected chi connectivity index (χ1v) is 8.36. The summed E-state index contributed by atoms with van der Waals surface area (Å²) in [5.41, 5.74) is -2.97. The highest BCUT2D eigenvalue weighted by atomic mass is 16.6. The Balaban J connectivity index is 2.75. The maximum Gasteiger partial charge on any atom is 0.415 e. The first kappa shape index (κ1) is 23.0. The number of carbonyl (C=O) groups excluding carboxylic acids is 3. The number of esters is 2. The van der Waals surface area contributed by atoms with E-state index in [9.17, 15) is 29.6 Å². The standard InChI is InChI=1S/C18H24N2O8/c1-11(14(21)28-15(22)18(5,24)17(2,3)4)19(6)16(23)27-13-9-7-12(8-10-13)20(25)26/h7-11,24H,1-6H3/t11-,18?/m0/s1. The number of ether oxygens (including phenoxy) is 2. The maximum atomic E-state index is 12.2. The second-order valence-corrected chi connectivity index (χ2v) is 7.44. The number of aliphatic hydroxyl groups is 1. The number of non-ortho nitro benzene ring substituents is 1. The lowest BCUT2D eigenvalue weighted by molar-refractivity contribution is -0.384. The summed E-state index contributed by atoms with van der Waals surface area (Å²) in [4.78, 5) is 47.3. The van der Waals surface area contributed by atoms with E-state index in [1.165, 1.54) is 33.0 Å². The molecule has 1 unspecified atom stereocenters. The largest absolute Gasteiger partial charge is 0.415 e. The van der Waals surface area contributed by atoms with Gasteiger partial charge in [0.25, 0.3) is 5.69 Å². The molecule has 1 aromatic rings. The fourth-order valence-corrected chi connectivity index (χ4v) is 1.71. The zero-order valence-electron chi connectivity index (χ0n) is 16.6. The van der Waals surface area contributed by atoms with E-state index in [1.54, 1.807) is 20.8 Å². The van der Waals surface area contributed by atoms with Crippen molar-refractivity contribution in [1.82, 2.24) is 4.90 Å². The molecule has 0 saturated heterocycles. The quantitative estimate of drug-likeness (QED) is 0.346. The van der Waals surface area contributed by atoms with Gasteiger partial charge in [-0.25, -0.2) is 14.4 Å². The van der Waals surface area contributed by atoms with Crippen LogP contribution in [0.15, 0.2) is 24.3 Å². The maximum absolute atomic E-state index is 12.2. The number of nitro benzene ring substituents is 1. The summed E-state index contributed by atoms with van der Waals surface area (Å²) >= 11 is 0. The number of nitrogens with zero attached hydrogens (tertiary/aromatic N) is 2. The first-order valence-electron chi connectivity index (χ1n) is 8.36. The van der Waals surface area contributed by atoms with Crippen LogP contribution in [-0.4, -0.2) is 51.7 Å². The minimum absolute atomic E-state index is 0.0368. The minimum atomic E-state index is -1.92. The zero-order chi connectivity index (χ0) is 21.9. The van der Waals surface area contributed by atoms with E-state index in [-0.39, 0.29) is 11.4 Å². The van der Waals surface area contributed by atoms with Crippen LogP contribution in [0.4, 0.5) is 10.5 Å². The van der Waals surface area contributed by atoms with Gasteiger partial charge in [0, 0.05) is 24.6 Å². The Labute approximate surface area is 162 Å². The smallest absolute Gasteiger partial charge is 0.410 e. The van der Waals surface area contributed by atoms with Crippen LogP contribution in [0.5, 0.6) is 5.75 Å². The monoisotopic (exact) mass is 396 g/mol. The van der Waals surface area contributed by atoms with Gasteiger partial charge in [-0.15, -0.1) is 0 Å². The van der Waals surface area contributed by atoms with E-state index in [2.05, 4.69) is 0 Å². The van der Waals surface area contributed by atoms with Crippen molar-refractivity contribution in [3.8, 4) is 5.75 Å². The molecule has 1 N–H and O–H groups in total. The molecule has 0 aromatic heterocycles. The van der Waals surface area contributed by atoms with Crippen molar-refractivity contribution in [2.75, 3.05) is 7.05 Å². The Bertz CT molecular complexity index is 765. The van der Waals surface area contributed by atoms with Gasteiger partial charge in [-0.2, -0.15) is 0 Å². The highest BCUT2D eigenvalue weighted by Gasteiger charge is 2.45. The van der Waals surface area contributed by atoms with Crippen LogP contribution in [0.2, 0.25) is 0 Å². The molecule has 154 valence electrons. The van der Waals surface area contributed by atoms with E-state index in [0.717, 1.165) is 17.0 Å². The summed E-state index contributed by atoms with van der Waals surface area (Å²) in [6.07, 6.45) is -0.937. The molecule has 0 aliphatic rings. The molecule has 0 fully saturated rings. The molecule has 1 amide bonds. The van der Waals surface area contributed by atoms with Gasteiger partial charge in [0.1, 0.15) is 11.8 Å². The second-order valence-electron chi connectivity index (χ2n) is 7.44. The predicted molar refractivity (Wildman–Crippen MR) is 97.5 cm³/mol. The summed E-state index contributed by atoms with van der Waals surface area (Å²) in [6.45, 7) is 7.37. The molecule has 0 aliphatic heterocycles. The molecule has 2 atom stereocenters. The molecule has 10 heteroatoms. The molecular formula is C18H24N2O8. The first-order chi connectivity index (χ1) is 12.7. The average molecular weight is 396 g/mol. The number of rotatable bonds is 5. The zero-order valence-corrected chi connectivity index (χ0v) is 16.6. The van der Waals surface area contributed by atoms with Gasteiger partial charge in [0.05, 0.1) is 4.92 Å². The Morgan fingerprint density at radius 2 is 1.64 bits per heavy atom. The summed E-state index contributed by atoms with van der Waals surface area (Å²) in [5, 5.41) is 20.9. The van der Waals surface area contributed by atoms with Crippen molar-refractivity contribution in [2.45, 2.75) is 46.3 Å². The van der Waals surface area contributed by atoms with Crippen LogP contribution in [0.25, 0.3) is 0 Å². The van der Waals surface area contributed by atoms with Crippen molar-refractivity contribution >= 4 is 23.7 Å². The lowest BCUT2D eigenvalue weighted by Crippen LogP contribution is -2.51. The Hall–Kier alpha value is -3.01. The topological polar surface area (TPSA) is 136 Å². The molecule has 1 rings (SSSR count). The Morgan fingerprint density at radius 1 is 1.14 bits per heavy atom. The van der Waals surface area contributed by atoms with Crippen LogP contribution < -0.4 is 4.74 Å². The van der Waals surface area contributed by atoms with Crippen LogP contribution in [-0.2, 0) is 14.3 Å². The third kappa shape index (κ3) is 5.26. The summed E-state index contributed by atoms with van der Waals surface area (Å²) in [5.74, 6) is -2.14. The number of hydrogen-bond donors (Lipinski definition) is 1. The third-order valence-electron chi connectivity index (χ3n) is 4.51. The summed E-state index contributed by atoms with van der Waals surface area (Å²) in [6, 6.07) is 3.60. The molecule has 28 heavy (non-hydrogen) atoms. The lowest BCUT2D eigenvalue weighted by atomic mass is 9.78. The molecule has 0 aliphatic carbocycles. The molecule has 0 saturated carbocycles. The van der Waals surface area contributed by atoms with Crippen molar-refractivity contribution in [1.29, 1.82) is 0 Å². The van der Waals surface area contributed by atoms with Gasteiger partial charge >= 0.3 is 18.0 Å². The fourth-order valence-electron chi connectivity index (χ4n) is 1.71. The van der Waals surface area contributed by atoms with Crippen molar-refractivity contribution < 1.29 is 33.9 Å². The molecular weight excluding hydrogens is 372 g/mol. The Morgan fingerprint density at radius 3 is 2.07 bits per heavy atom. The molecule has 10 nitrogen and oxygen atoms in total. The number of nitro groups is 1. The van der Waals surface area contributed by atoms with Gasteiger partial charge in [-0.1, -0.05) is 20.8 Å². The van der Waals surface area contributed by atoms with Gasteiger partial charge in [0.15, 0.2) is 5.60 Å². The average Bonchev–Trinajstić information content (AvgIpc) is 2.59. The van der Waals surface area contributed by atoms with E-state index in [0.29, 0.717) is 0 Å². The SMILES string of the molecule is C[C@@H](C(=O)OC(=O)C(C)(O)C(C)(C)C)N(C)C(=O)Oc1ccc([N+](=O)[O-])cc1. The highest BCUT2D eigenvalue weighted by molar-refractivity contribution is 5.93. The normalized spacial score (nSPS) is 14.4. The van der Waals surface area contributed by atoms with Gasteiger partial charge < -0.3 is 14.6 Å².